The van der Waals surface area contributed by atoms with Gasteiger partial charge in [-0.1, -0.05) is 0 Å². The Bertz CT molecular complexity index is 850. The van der Waals surface area contributed by atoms with Crippen molar-refractivity contribution >= 4 is 0 Å². The third-order valence-corrected chi connectivity index (χ3v) is 4.33. The molecule has 0 unspecified atom stereocenters. The van der Waals surface area contributed by atoms with Gasteiger partial charge in [0.25, 0.3) is 0 Å². The lowest BCUT2D eigenvalue weighted by Crippen LogP contribution is -1.85. The van der Waals surface area contributed by atoms with Crippen LogP contribution in [0.4, 0.5) is 0 Å². The summed E-state index contributed by atoms with van der Waals surface area (Å²) in [6, 6.07) is 10.2. The summed E-state index contributed by atoms with van der Waals surface area (Å²) in [6.45, 7) is 3.96. The Balaban J connectivity index is 2.12. The van der Waals surface area contributed by atoms with E-state index < -0.39 is 0 Å². The van der Waals surface area contributed by atoms with E-state index in [4.69, 9.17) is 13.9 Å². The molecular formula is C20H20O5. The zero-order valence-electron chi connectivity index (χ0n) is 14.6. The smallest absolute Gasteiger partial charge is 0.161 e. The molecule has 0 spiro atoms. The Morgan fingerprint density at radius 1 is 0.720 bits per heavy atom. The molecule has 25 heavy (non-hydrogen) atoms. The number of furan rings is 1. The zero-order chi connectivity index (χ0) is 18.1. The van der Waals surface area contributed by atoms with Crippen LogP contribution in [0.15, 0.2) is 40.8 Å². The molecule has 5 heteroatoms. The molecule has 3 rings (SSSR count). The highest BCUT2D eigenvalue weighted by atomic mass is 16.5. The third-order valence-electron chi connectivity index (χ3n) is 4.33. The Morgan fingerprint density at radius 3 is 1.48 bits per heavy atom. The summed E-state index contributed by atoms with van der Waals surface area (Å²) in [5.74, 6) is 2.35. The van der Waals surface area contributed by atoms with Gasteiger partial charge in [-0.2, -0.15) is 0 Å². The maximum Gasteiger partial charge on any atom is 0.161 e. The SMILES string of the molecule is COc1cc(-c2oc(-c3ccc(O)c(OC)c3)c(C)c2C)ccc1O. The number of aromatic hydroxyl groups is 2. The van der Waals surface area contributed by atoms with Crippen LogP contribution in [0, 0.1) is 13.8 Å². The summed E-state index contributed by atoms with van der Waals surface area (Å²) < 4.78 is 16.5. The molecule has 0 fully saturated rings. The fourth-order valence-electron chi connectivity index (χ4n) is 2.78. The Morgan fingerprint density at radius 2 is 1.12 bits per heavy atom. The summed E-state index contributed by atoms with van der Waals surface area (Å²) in [5, 5.41) is 19.6. The average molecular weight is 340 g/mol. The predicted octanol–water partition coefficient (Wildman–Crippen LogP) is 4.66. The molecule has 1 aromatic heterocycles. The van der Waals surface area contributed by atoms with Gasteiger partial charge in [0.1, 0.15) is 11.5 Å². The van der Waals surface area contributed by atoms with Crippen molar-refractivity contribution in [1.29, 1.82) is 0 Å². The van der Waals surface area contributed by atoms with Gasteiger partial charge >= 0.3 is 0 Å². The van der Waals surface area contributed by atoms with Crippen LogP contribution in [0.25, 0.3) is 22.6 Å². The van der Waals surface area contributed by atoms with Gasteiger partial charge in [0.05, 0.1) is 14.2 Å². The van der Waals surface area contributed by atoms with Gasteiger partial charge in [0, 0.05) is 11.1 Å². The summed E-state index contributed by atoms with van der Waals surface area (Å²) in [4.78, 5) is 0. The maximum absolute atomic E-state index is 9.78. The number of ether oxygens (including phenoxy) is 2. The fraction of sp³-hybridized carbons (Fsp3) is 0.200. The summed E-state index contributed by atoms with van der Waals surface area (Å²) in [7, 11) is 3.01. The first kappa shape index (κ1) is 16.8. The Labute approximate surface area is 146 Å². The molecule has 0 aliphatic carbocycles. The second kappa shape index (κ2) is 6.43. The average Bonchev–Trinajstić information content (AvgIpc) is 2.91. The molecule has 130 valence electrons. The van der Waals surface area contributed by atoms with Gasteiger partial charge in [-0.15, -0.1) is 0 Å². The van der Waals surface area contributed by atoms with Crippen molar-refractivity contribution < 1.29 is 24.1 Å². The molecule has 0 aliphatic heterocycles. The van der Waals surface area contributed by atoms with Crippen LogP contribution >= 0.6 is 0 Å². The van der Waals surface area contributed by atoms with E-state index >= 15 is 0 Å². The molecule has 0 amide bonds. The highest BCUT2D eigenvalue weighted by molar-refractivity contribution is 5.74. The van der Waals surface area contributed by atoms with Crippen LogP contribution in [0.3, 0.4) is 0 Å². The first-order valence-corrected chi connectivity index (χ1v) is 7.81. The summed E-state index contributed by atoms with van der Waals surface area (Å²) in [6.07, 6.45) is 0. The lowest BCUT2D eigenvalue weighted by Gasteiger charge is -2.06. The fourth-order valence-corrected chi connectivity index (χ4v) is 2.78. The molecular weight excluding hydrogens is 320 g/mol. The molecule has 0 atom stereocenters. The van der Waals surface area contributed by atoms with Gasteiger partial charge in [-0.3, -0.25) is 0 Å². The van der Waals surface area contributed by atoms with Crippen LogP contribution in [0.1, 0.15) is 11.1 Å². The van der Waals surface area contributed by atoms with E-state index in [-0.39, 0.29) is 11.5 Å². The Hall–Kier alpha value is -3.08. The number of hydrogen-bond acceptors (Lipinski definition) is 5. The van der Waals surface area contributed by atoms with E-state index in [1.807, 2.05) is 13.8 Å². The number of phenols is 2. The number of phenolic OH excluding ortho intramolecular Hbond substituents is 2. The second-order valence-electron chi connectivity index (χ2n) is 5.78. The minimum absolute atomic E-state index is 0.0793. The predicted molar refractivity (Wildman–Crippen MR) is 95.5 cm³/mol. The number of benzene rings is 2. The topological polar surface area (TPSA) is 72.1 Å². The molecule has 2 N–H and O–H groups in total. The van der Waals surface area contributed by atoms with Crippen molar-refractivity contribution in [2.24, 2.45) is 0 Å². The molecule has 0 saturated carbocycles. The molecule has 5 nitrogen and oxygen atoms in total. The van der Waals surface area contributed by atoms with Crippen LogP contribution < -0.4 is 9.47 Å². The Kier molecular flexibility index (Phi) is 4.31. The summed E-state index contributed by atoms with van der Waals surface area (Å²) in [5.41, 5.74) is 3.61. The number of methoxy groups -OCH3 is 2. The van der Waals surface area contributed by atoms with Gasteiger partial charge in [-0.05, 0) is 61.4 Å². The van der Waals surface area contributed by atoms with E-state index in [9.17, 15) is 10.2 Å². The molecule has 0 aliphatic rings. The number of rotatable bonds is 4. The van der Waals surface area contributed by atoms with E-state index in [1.165, 1.54) is 14.2 Å². The molecule has 0 saturated heterocycles. The molecule has 3 aromatic rings. The van der Waals surface area contributed by atoms with Crippen molar-refractivity contribution in [3.63, 3.8) is 0 Å². The van der Waals surface area contributed by atoms with Crippen molar-refractivity contribution in [3.8, 4) is 45.6 Å². The maximum atomic E-state index is 9.78. The lowest BCUT2D eigenvalue weighted by molar-refractivity contribution is 0.373. The number of hydrogen-bond donors (Lipinski definition) is 2. The van der Waals surface area contributed by atoms with Gasteiger partial charge in [0.15, 0.2) is 23.0 Å². The monoisotopic (exact) mass is 340 g/mol. The first-order valence-electron chi connectivity index (χ1n) is 7.81. The van der Waals surface area contributed by atoms with Gasteiger partial charge in [0.2, 0.25) is 0 Å². The van der Waals surface area contributed by atoms with E-state index in [0.717, 1.165) is 22.3 Å². The van der Waals surface area contributed by atoms with E-state index in [1.54, 1.807) is 36.4 Å². The van der Waals surface area contributed by atoms with Crippen molar-refractivity contribution in [1.82, 2.24) is 0 Å². The highest BCUT2D eigenvalue weighted by Gasteiger charge is 2.19. The van der Waals surface area contributed by atoms with Crippen LogP contribution in [-0.2, 0) is 0 Å². The quantitative estimate of drug-likeness (QED) is 0.723. The molecule has 1 heterocycles. The lowest BCUT2D eigenvalue weighted by atomic mass is 10.0. The van der Waals surface area contributed by atoms with E-state index in [2.05, 4.69) is 0 Å². The molecule has 0 radical (unpaired) electrons. The largest absolute Gasteiger partial charge is 0.504 e. The van der Waals surface area contributed by atoms with Crippen LogP contribution in [0.5, 0.6) is 23.0 Å². The zero-order valence-corrected chi connectivity index (χ0v) is 14.6. The first-order chi connectivity index (χ1) is 12.0. The van der Waals surface area contributed by atoms with Gasteiger partial charge in [-0.25, -0.2) is 0 Å². The minimum atomic E-state index is 0.0793. The van der Waals surface area contributed by atoms with Crippen molar-refractivity contribution in [2.75, 3.05) is 14.2 Å². The van der Waals surface area contributed by atoms with Crippen LogP contribution in [0.2, 0.25) is 0 Å². The molecule has 2 aromatic carbocycles. The normalized spacial score (nSPS) is 10.7. The summed E-state index contributed by atoms with van der Waals surface area (Å²) >= 11 is 0. The van der Waals surface area contributed by atoms with E-state index in [0.29, 0.717) is 23.0 Å². The second-order valence-corrected chi connectivity index (χ2v) is 5.78. The third kappa shape index (κ3) is 2.89. The minimum Gasteiger partial charge on any atom is -0.504 e. The van der Waals surface area contributed by atoms with Crippen LogP contribution in [-0.4, -0.2) is 24.4 Å². The van der Waals surface area contributed by atoms with Crippen molar-refractivity contribution in [2.45, 2.75) is 13.8 Å². The highest BCUT2D eigenvalue weighted by Crippen LogP contribution is 2.40. The molecule has 0 bridgehead atoms. The van der Waals surface area contributed by atoms with Crippen molar-refractivity contribution in [3.05, 3.63) is 47.5 Å². The standard InChI is InChI=1S/C20H20O5/c1-11-12(2)20(14-6-8-16(22)18(10-14)24-4)25-19(11)13-5-7-15(21)17(9-13)23-3/h5-10,21-22H,1-4H3. The van der Waals surface area contributed by atoms with Gasteiger partial charge < -0.3 is 24.1 Å².